The number of aromatic nitrogens is 2. The van der Waals surface area contributed by atoms with Crippen molar-refractivity contribution in [3.63, 3.8) is 0 Å². The molecule has 7 heteroatoms. The van der Waals surface area contributed by atoms with Gasteiger partial charge in [-0.15, -0.1) is 0 Å². The van der Waals surface area contributed by atoms with E-state index in [9.17, 15) is 8.42 Å². The van der Waals surface area contributed by atoms with Crippen LogP contribution in [0.2, 0.25) is 0 Å². The van der Waals surface area contributed by atoms with Gasteiger partial charge in [0, 0.05) is 18.7 Å². The maximum Gasteiger partial charge on any atom is 0.243 e. The lowest BCUT2D eigenvalue weighted by Gasteiger charge is -2.34. The molecular weight excluding hydrogens is 350 g/mol. The second-order valence-corrected chi connectivity index (χ2v) is 8.65. The van der Waals surface area contributed by atoms with Crippen molar-refractivity contribution < 1.29 is 13.2 Å². The molecule has 0 radical (unpaired) electrons. The number of aromatic amines is 1. The summed E-state index contributed by atoms with van der Waals surface area (Å²) in [6, 6.07) is 14.8. The Bertz CT molecular complexity index is 1020. The second-order valence-electron chi connectivity index (χ2n) is 6.71. The SMILES string of the molecule is C[C@@H]1CN(S(=O)(=O)c2ccc3nc(-c4ccccc4)[nH]c3c2)C[C@H](C)O1. The number of nitrogens with zero attached hydrogens (tertiary/aromatic N) is 2. The van der Waals surface area contributed by atoms with E-state index in [0.29, 0.717) is 18.6 Å². The van der Waals surface area contributed by atoms with Crippen LogP contribution < -0.4 is 0 Å². The van der Waals surface area contributed by atoms with Crippen LogP contribution in [0.25, 0.3) is 22.4 Å². The number of benzene rings is 2. The number of imidazole rings is 1. The van der Waals surface area contributed by atoms with Crippen molar-refractivity contribution >= 4 is 21.1 Å². The van der Waals surface area contributed by atoms with Gasteiger partial charge in [-0.1, -0.05) is 30.3 Å². The first-order chi connectivity index (χ1) is 12.4. The standard InChI is InChI=1S/C19H21N3O3S/c1-13-11-22(12-14(2)25-13)26(23,24)16-8-9-17-18(10-16)21-19(20-17)15-6-4-3-5-7-15/h3-10,13-14H,11-12H2,1-2H3,(H,20,21)/t13-,14+. The molecule has 4 rings (SSSR count). The molecule has 3 aromatic rings. The van der Waals surface area contributed by atoms with Crippen molar-refractivity contribution in [1.82, 2.24) is 14.3 Å². The van der Waals surface area contributed by atoms with Gasteiger partial charge >= 0.3 is 0 Å². The molecule has 1 saturated heterocycles. The molecule has 1 fully saturated rings. The van der Waals surface area contributed by atoms with E-state index in [1.807, 2.05) is 44.2 Å². The fourth-order valence-electron chi connectivity index (χ4n) is 3.36. The second kappa shape index (κ2) is 6.50. The molecular formula is C19H21N3O3S. The quantitative estimate of drug-likeness (QED) is 0.768. The normalized spacial score (nSPS) is 21.9. The number of H-pyrrole nitrogens is 1. The summed E-state index contributed by atoms with van der Waals surface area (Å²) in [5, 5.41) is 0. The van der Waals surface area contributed by atoms with Gasteiger partial charge in [-0.05, 0) is 32.0 Å². The lowest BCUT2D eigenvalue weighted by Crippen LogP contribution is -2.48. The smallest absolute Gasteiger partial charge is 0.243 e. The minimum atomic E-state index is -3.57. The highest BCUT2D eigenvalue weighted by Crippen LogP contribution is 2.26. The first-order valence-corrected chi connectivity index (χ1v) is 10.1. The van der Waals surface area contributed by atoms with Gasteiger partial charge in [0.15, 0.2) is 0 Å². The maximum absolute atomic E-state index is 13.0. The molecule has 2 aromatic carbocycles. The number of fused-ring (bicyclic) bond motifs is 1. The molecule has 0 aliphatic carbocycles. The monoisotopic (exact) mass is 371 g/mol. The minimum absolute atomic E-state index is 0.117. The van der Waals surface area contributed by atoms with Gasteiger partial charge in [-0.3, -0.25) is 0 Å². The summed E-state index contributed by atoms with van der Waals surface area (Å²) in [5.41, 5.74) is 2.41. The van der Waals surface area contributed by atoms with Crippen molar-refractivity contribution in [2.24, 2.45) is 0 Å². The number of nitrogens with one attached hydrogen (secondary N) is 1. The van der Waals surface area contributed by atoms with Crippen molar-refractivity contribution in [1.29, 1.82) is 0 Å². The molecule has 26 heavy (non-hydrogen) atoms. The van der Waals surface area contributed by atoms with Gasteiger partial charge in [0.25, 0.3) is 0 Å². The molecule has 0 unspecified atom stereocenters. The fraction of sp³-hybridized carbons (Fsp3) is 0.316. The van der Waals surface area contributed by atoms with E-state index in [1.54, 1.807) is 18.2 Å². The third kappa shape index (κ3) is 3.13. The van der Waals surface area contributed by atoms with Crippen LogP contribution in [0.4, 0.5) is 0 Å². The molecule has 0 spiro atoms. The summed E-state index contributed by atoms with van der Waals surface area (Å²) in [5.74, 6) is 0.726. The number of rotatable bonds is 3. The van der Waals surface area contributed by atoms with Gasteiger partial charge < -0.3 is 9.72 Å². The van der Waals surface area contributed by atoms with Crippen LogP contribution in [0, 0.1) is 0 Å². The van der Waals surface area contributed by atoms with Crippen LogP contribution >= 0.6 is 0 Å². The molecule has 1 aromatic heterocycles. The Morgan fingerprint density at radius 2 is 1.77 bits per heavy atom. The number of hydrogen-bond donors (Lipinski definition) is 1. The molecule has 136 valence electrons. The topological polar surface area (TPSA) is 75.3 Å². The van der Waals surface area contributed by atoms with Crippen molar-refractivity contribution in [3.8, 4) is 11.4 Å². The summed E-state index contributed by atoms with van der Waals surface area (Å²) in [4.78, 5) is 8.06. The fourth-order valence-corrected chi connectivity index (χ4v) is 4.98. The predicted molar refractivity (Wildman–Crippen MR) is 100 cm³/mol. The highest BCUT2D eigenvalue weighted by Gasteiger charge is 2.32. The van der Waals surface area contributed by atoms with Crippen LogP contribution in [-0.2, 0) is 14.8 Å². The number of sulfonamides is 1. The summed E-state index contributed by atoms with van der Waals surface area (Å²) in [7, 11) is -3.57. The van der Waals surface area contributed by atoms with E-state index in [4.69, 9.17) is 4.74 Å². The van der Waals surface area contributed by atoms with Gasteiger partial charge in [0.2, 0.25) is 10.0 Å². The maximum atomic E-state index is 13.0. The Labute approximate surface area is 152 Å². The molecule has 2 atom stereocenters. The third-order valence-electron chi connectivity index (χ3n) is 4.52. The van der Waals surface area contributed by atoms with Crippen molar-refractivity contribution in [3.05, 3.63) is 48.5 Å². The average molecular weight is 371 g/mol. The summed E-state index contributed by atoms with van der Waals surface area (Å²) in [6.07, 6.45) is -0.233. The summed E-state index contributed by atoms with van der Waals surface area (Å²) < 4.78 is 33.2. The highest BCUT2D eigenvalue weighted by molar-refractivity contribution is 7.89. The number of ether oxygens (including phenoxy) is 1. The molecule has 6 nitrogen and oxygen atoms in total. The van der Waals surface area contributed by atoms with Crippen LogP contribution in [-0.4, -0.2) is 48.0 Å². The van der Waals surface area contributed by atoms with Crippen LogP contribution in [0.1, 0.15) is 13.8 Å². The summed E-state index contributed by atoms with van der Waals surface area (Å²) in [6.45, 7) is 4.51. The molecule has 1 aliphatic rings. The van der Waals surface area contributed by atoms with Crippen molar-refractivity contribution in [2.45, 2.75) is 31.0 Å². The first-order valence-electron chi connectivity index (χ1n) is 8.64. The summed E-state index contributed by atoms with van der Waals surface area (Å²) >= 11 is 0. The average Bonchev–Trinajstić information content (AvgIpc) is 3.05. The molecule has 0 bridgehead atoms. The Balaban J connectivity index is 1.71. The van der Waals surface area contributed by atoms with Gasteiger partial charge in [0.1, 0.15) is 5.82 Å². The molecule has 1 aliphatic heterocycles. The Morgan fingerprint density at radius 1 is 1.08 bits per heavy atom. The Morgan fingerprint density at radius 3 is 2.46 bits per heavy atom. The van der Waals surface area contributed by atoms with E-state index in [-0.39, 0.29) is 17.1 Å². The predicted octanol–water partition coefficient (Wildman–Crippen LogP) is 3.03. The van der Waals surface area contributed by atoms with E-state index in [2.05, 4.69) is 9.97 Å². The molecule has 0 amide bonds. The number of morpholine rings is 1. The van der Waals surface area contributed by atoms with Crippen LogP contribution in [0.3, 0.4) is 0 Å². The highest BCUT2D eigenvalue weighted by atomic mass is 32.2. The Kier molecular flexibility index (Phi) is 4.30. The van der Waals surface area contributed by atoms with E-state index in [0.717, 1.165) is 16.9 Å². The third-order valence-corrected chi connectivity index (χ3v) is 6.35. The molecule has 0 saturated carbocycles. The lowest BCUT2D eigenvalue weighted by molar-refractivity contribution is -0.0440. The number of hydrogen-bond acceptors (Lipinski definition) is 4. The van der Waals surface area contributed by atoms with Gasteiger partial charge in [-0.25, -0.2) is 13.4 Å². The largest absolute Gasteiger partial charge is 0.373 e. The van der Waals surface area contributed by atoms with E-state index >= 15 is 0 Å². The lowest BCUT2D eigenvalue weighted by atomic mass is 10.2. The first kappa shape index (κ1) is 17.2. The zero-order valence-corrected chi connectivity index (χ0v) is 15.5. The zero-order chi connectivity index (χ0) is 18.3. The van der Waals surface area contributed by atoms with Crippen LogP contribution in [0.15, 0.2) is 53.4 Å². The van der Waals surface area contributed by atoms with E-state index in [1.165, 1.54) is 4.31 Å². The molecule has 1 N–H and O–H groups in total. The zero-order valence-electron chi connectivity index (χ0n) is 14.7. The van der Waals surface area contributed by atoms with Gasteiger partial charge in [-0.2, -0.15) is 4.31 Å². The van der Waals surface area contributed by atoms with Crippen molar-refractivity contribution in [2.75, 3.05) is 13.1 Å². The van der Waals surface area contributed by atoms with Gasteiger partial charge in [0.05, 0.1) is 28.1 Å². The minimum Gasteiger partial charge on any atom is -0.373 e. The molecule has 2 heterocycles. The van der Waals surface area contributed by atoms with Crippen LogP contribution in [0.5, 0.6) is 0 Å². The van der Waals surface area contributed by atoms with E-state index < -0.39 is 10.0 Å². The Hall–Kier alpha value is -2.22.